The summed E-state index contributed by atoms with van der Waals surface area (Å²) >= 11 is 0. The molecule has 0 atom stereocenters. The van der Waals surface area contributed by atoms with E-state index in [0.29, 0.717) is 19.6 Å². The van der Waals surface area contributed by atoms with Gasteiger partial charge in [0.05, 0.1) is 6.54 Å². The zero-order chi connectivity index (χ0) is 14.5. The van der Waals surface area contributed by atoms with E-state index >= 15 is 0 Å². The Labute approximate surface area is 117 Å². The minimum Gasteiger partial charge on any atom is -0.336 e. The number of carbonyl (C=O) groups excluding carboxylic acids is 1. The molecular weight excluding hydrogens is 257 g/mol. The second-order valence-electron chi connectivity index (χ2n) is 4.63. The van der Waals surface area contributed by atoms with Crippen LogP contribution in [0.2, 0.25) is 0 Å². The van der Waals surface area contributed by atoms with Gasteiger partial charge in [-0.15, -0.1) is 0 Å². The Balaban J connectivity index is 2.12. The van der Waals surface area contributed by atoms with Gasteiger partial charge in [-0.05, 0) is 24.6 Å². The van der Waals surface area contributed by atoms with Gasteiger partial charge in [-0.3, -0.25) is 4.79 Å². The van der Waals surface area contributed by atoms with Gasteiger partial charge in [0.25, 0.3) is 0 Å². The molecule has 1 aromatic heterocycles. The number of aromatic nitrogens is 2. The lowest BCUT2D eigenvalue weighted by Crippen LogP contribution is -2.29. The average Bonchev–Trinajstić information content (AvgIpc) is 2.85. The van der Waals surface area contributed by atoms with Crippen LogP contribution in [0.25, 0.3) is 0 Å². The number of imidazole rings is 1. The summed E-state index contributed by atoms with van der Waals surface area (Å²) < 4.78 is 14.9. The van der Waals surface area contributed by atoms with Gasteiger partial charge >= 0.3 is 0 Å². The summed E-state index contributed by atoms with van der Waals surface area (Å²) in [6, 6.07) is 6.39. The summed E-state index contributed by atoms with van der Waals surface area (Å²) in [5.74, 6) is 0.614. The maximum atomic E-state index is 12.9. The number of nitrogens with zero attached hydrogens (tertiary/aromatic N) is 3. The number of hydrogen-bond acceptors (Lipinski definition) is 2. The summed E-state index contributed by atoms with van der Waals surface area (Å²) in [5, 5.41) is 0. The van der Waals surface area contributed by atoms with Gasteiger partial charge in [-0.1, -0.05) is 12.1 Å². The molecule has 0 unspecified atom stereocenters. The summed E-state index contributed by atoms with van der Waals surface area (Å²) in [5.41, 5.74) is 0.997. The molecule has 0 N–H and O–H groups in total. The van der Waals surface area contributed by atoms with E-state index < -0.39 is 0 Å². The van der Waals surface area contributed by atoms with Gasteiger partial charge in [-0.2, -0.15) is 0 Å². The third-order valence-electron chi connectivity index (χ3n) is 3.23. The van der Waals surface area contributed by atoms with Crippen molar-refractivity contribution in [1.29, 1.82) is 0 Å². The molecule has 1 aromatic carbocycles. The summed E-state index contributed by atoms with van der Waals surface area (Å²) in [7, 11) is 0. The fourth-order valence-electron chi connectivity index (χ4n) is 2.04. The van der Waals surface area contributed by atoms with Crippen LogP contribution >= 0.6 is 0 Å². The smallest absolute Gasteiger partial charge is 0.219 e. The van der Waals surface area contributed by atoms with Crippen molar-refractivity contribution in [3.05, 3.63) is 53.9 Å². The topological polar surface area (TPSA) is 38.1 Å². The minimum absolute atomic E-state index is 0.0313. The number of benzene rings is 1. The number of hydrogen-bond donors (Lipinski definition) is 0. The Morgan fingerprint density at radius 1 is 1.35 bits per heavy atom. The quantitative estimate of drug-likeness (QED) is 0.840. The third-order valence-corrected chi connectivity index (χ3v) is 3.23. The standard InChI is InChI=1S/C15H18FN3O/c1-3-18(12(2)20)11-15-17-8-9-19(15)10-13-4-6-14(16)7-5-13/h4-9H,3,10-11H2,1-2H3. The third kappa shape index (κ3) is 3.44. The lowest BCUT2D eigenvalue weighted by Gasteiger charge is -2.19. The minimum atomic E-state index is -0.242. The van der Waals surface area contributed by atoms with Crippen LogP contribution in [0.3, 0.4) is 0 Å². The van der Waals surface area contributed by atoms with Gasteiger partial charge in [0.1, 0.15) is 11.6 Å². The Bertz CT molecular complexity index is 577. The van der Waals surface area contributed by atoms with E-state index in [1.165, 1.54) is 12.1 Å². The van der Waals surface area contributed by atoms with Crippen LogP contribution in [-0.2, 0) is 17.9 Å². The van der Waals surface area contributed by atoms with E-state index in [1.54, 1.807) is 30.2 Å². The van der Waals surface area contributed by atoms with E-state index in [2.05, 4.69) is 4.98 Å². The summed E-state index contributed by atoms with van der Waals surface area (Å²) in [4.78, 5) is 17.5. The van der Waals surface area contributed by atoms with E-state index in [1.807, 2.05) is 17.7 Å². The SMILES string of the molecule is CCN(Cc1nccn1Cc1ccc(F)cc1)C(C)=O. The molecule has 2 rings (SSSR count). The molecule has 0 radical (unpaired) electrons. The molecule has 0 fully saturated rings. The highest BCUT2D eigenvalue weighted by atomic mass is 19.1. The van der Waals surface area contributed by atoms with Crippen LogP contribution in [-0.4, -0.2) is 26.9 Å². The highest BCUT2D eigenvalue weighted by molar-refractivity contribution is 5.73. The van der Waals surface area contributed by atoms with Crippen LogP contribution in [0.15, 0.2) is 36.7 Å². The van der Waals surface area contributed by atoms with Crippen molar-refractivity contribution in [2.45, 2.75) is 26.9 Å². The van der Waals surface area contributed by atoms with Crippen molar-refractivity contribution in [2.24, 2.45) is 0 Å². The molecule has 4 nitrogen and oxygen atoms in total. The van der Waals surface area contributed by atoms with Gasteiger partial charge < -0.3 is 9.47 Å². The Kier molecular flexibility index (Phi) is 4.50. The Hall–Kier alpha value is -2.17. The molecule has 5 heteroatoms. The van der Waals surface area contributed by atoms with E-state index in [4.69, 9.17) is 0 Å². The second kappa shape index (κ2) is 6.32. The Morgan fingerprint density at radius 2 is 2.05 bits per heavy atom. The van der Waals surface area contributed by atoms with Crippen LogP contribution < -0.4 is 0 Å². The largest absolute Gasteiger partial charge is 0.336 e. The van der Waals surface area contributed by atoms with Crippen LogP contribution in [0.1, 0.15) is 25.2 Å². The normalized spacial score (nSPS) is 10.6. The van der Waals surface area contributed by atoms with Gasteiger partial charge in [0.15, 0.2) is 0 Å². The molecule has 0 spiro atoms. The number of carbonyl (C=O) groups is 1. The fourth-order valence-corrected chi connectivity index (χ4v) is 2.04. The molecule has 0 bridgehead atoms. The lowest BCUT2D eigenvalue weighted by molar-refractivity contribution is -0.129. The molecule has 0 saturated carbocycles. The summed E-state index contributed by atoms with van der Waals surface area (Å²) in [6.07, 6.45) is 3.58. The predicted octanol–water partition coefficient (Wildman–Crippen LogP) is 2.44. The van der Waals surface area contributed by atoms with Gasteiger partial charge in [-0.25, -0.2) is 9.37 Å². The van der Waals surface area contributed by atoms with Crippen LogP contribution in [0.5, 0.6) is 0 Å². The first kappa shape index (κ1) is 14.2. The van der Waals surface area contributed by atoms with Gasteiger partial charge in [0.2, 0.25) is 5.91 Å². The average molecular weight is 275 g/mol. The molecule has 0 aliphatic rings. The van der Waals surface area contributed by atoms with Crippen molar-refractivity contribution in [1.82, 2.24) is 14.5 Å². The van der Waals surface area contributed by atoms with Crippen molar-refractivity contribution in [3.8, 4) is 0 Å². The first-order valence-corrected chi connectivity index (χ1v) is 6.60. The molecule has 20 heavy (non-hydrogen) atoms. The first-order chi connectivity index (χ1) is 9.60. The van der Waals surface area contributed by atoms with Crippen molar-refractivity contribution in [3.63, 3.8) is 0 Å². The molecule has 1 amide bonds. The summed E-state index contributed by atoms with van der Waals surface area (Å²) in [6.45, 7) is 5.25. The highest BCUT2D eigenvalue weighted by Crippen LogP contribution is 2.09. The fraction of sp³-hybridized carbons (Fsp3) is 0.333. The van der Waals surface area contributed by atoms with Gasteiger partial charge in [0, 0.05) is 32.4 Å². The molecular formula is C15H18FN3O. The number of rotatable bonds is 5. The van der Waals surface area contributed by atoms with Crippen molar-refractivity contribution in [2.75, 3.05) is 6.54 Å². The van der Waals surface area contributed by atoms with Crippen molar-refractivity contribution >= 4 is 5.91 Å². The molecule has 2 aromatic rings. The second-order valence-corrected chi connectivity index (χ2v) is 4.63. The molecule has 106 valence electrons. The monoisotopic (exact) mass is 275 g/mol. The van der Waals surface area contributed by atoms with Crippen LogP contribution in [0, 0.1) is 5.82 Å². The van der Waals surface area contributed by atoms with Crippen molar-refractivity contribution < 1.29 is 9.18 Å². The van der Waals surface area contributed by atoms with E-state index in [9.17, 15) is 9.18 Å². The lowest BCUT2D eigenvalue weighted by atomic mass is 10.2. The zero-order valence-corrected chi connectivity index (χ0v) is 11.7. The zero-order valence-electron chi connectivity index (χ0n) is 11.7. The predicted molar refractivity (Wildman–Crippen MR) is 74.5 cm³/mol. The van der Waals surface area contributed by atoms with E-state index in [-0.39, 0.29) is 11.7 Å². The maximum absolute atomic E-state index is 12.9. The first-order valence-electron chi connectivity index (χ1n) is 6.60. The Morgan fingerprint density at radius 3 is 2.65 bits per heavy atom. The number of halogens is 1. The molecule has 1 heterocycles. The maximum Gasteiger partial charge on any atom is 0.219 e. The van der Waals surface area contributed by atoms with E-state index in [0.717, 1.165) is 11.4 Å². The molecule has 0 aliphatic carbocycles. The number of amides is 1. The highest BCUT2D eigenvalue weighted by Gasteiger charge is 2.11. The molecule has 0 aliphatic heterocycles. The molecule has 0 saturated heterocycles. The van der Waals surface area contributed by atoms with Crippen LogP contribution in [0.4, 0.5) is 4.39 Å².